The molecule has 5 amide bonds. The second-order valence-corrected chi connectivity index (χ2v) is 6.44. The van der Waals surface area contributed by atoms with Gasteiger partial charge in [-0.1, -0.05) is 20.3 Å². The van der Waals surface area contributed by atoms with Gasteiger partial charge in [0.1, 0.15) is 18.1 Å². The number of nitrogens with two attached hydrogens (primary N) is 3. The number of carbonyl (C=O) groups is 6. The van der Waals surface area contributed by atoms with Gasteiger partial charge in [0, 0.05) is 0 Å². The van der Waals surface area contributed by atoms with Crippen LogP contribution in [0.3, 0.4) is 0 Å². The van der Waals surface area contributed by atoms with Crippen LogP contribution < -0.4 is 33.2 Å². The molecule has 164 valence electrons. The molecular weight excluding hydrogens is 388 g/mol. The lowest BCUT2D eigenvalue weighted by molar-refractivity contribution is -0.144. The lowest BCUT2D eigenvalue weighted by Crippen LogP contribution is -2.58. The van der Waals surface area contributed by atoms with Crippen molar-refractivity contribution >= 4 is 35.5 Å². The van der Waals surface area contributed by atoms with Crippen LogP contribution in [0.2, 0.25) is 0 Å². The Morgan fingerprint density at radius 3 is 1.76 bits per heavy atom. The fraction of sp³-hybridized carbons (Fsp3) is 0.625. The highest BCUT2D eigenvalue weighted by Gasteiger charge is 2.32. The van der Waals surface area contributed by atoms with Gasteiger partial charge < -0.3 is 38.3 Å². The SMILES string of the molecule is CCC(C)C(NC(=O)CN)C(=O)NC(CC(N)=O)C(=O)NC(CC(N)=O)C(=O)O. The molecule has 4 unspecified atom stereocenters. The molecule has 0 aromatic carbocycles. The van der Waals surface area contributed by atoms with Crippen molar-refractivity contribution in [3.8, 4) is 0 Å². The van der Waals surface area contributed by atoms with E-state index in [2.05, 4.69) is 10.6 Å². The summed E-state index contributed by atoms with van der Waals surface area (Å²) >= 11 is 0. The monoisotopic (exact) mass is 416 g/mol. The van der Waals surface area contributed by atoms with Crippen LogP contribution in [0.1, 0.15) is 33.1 Å². The smallest absolute Gasteiger partial charge is 0.326 e. The molecule has 0 saturated heterocycles. The number of rotatable bonds is 13. The summed E-state index contributed by atoms with van der Waals surface area (Å²) in [6, 6.07) is -4.24. The van der Waals surface area contributed by atoms with Gasteiger partial charge >= 0.3 is 5.97 Å². The summed E-state index contributed by atoms with van der Waals surface area (Å²) in [5.74, 6) is -6.25. The number of hydrogen-bond acceptors (Lipinski definition) is 7. The zero-order valence-electron chi connectivity index (χ0n) is 16.3. The van der Waals surface area contributed by atoms with E-state index in [0.717, 1.165) is 0 Å². The molecule has 13 heteroatoms. The Kier molecular flexibility index (Phi) is 10.9. The van der Waals surface area contributed by atoms with E-state index in [1.807, 2.05) is 5.32 Å². The van der Waals surface area contributed by atoms with Crippen LogP contribution in [0.5, 0.6) is 0 Å². The zero-order chi connectivity index (χ0) is 22.7. The van der Waals surface area contributed by atoms with Gasteiger partial charge in [-0.2, -0.15) is 0 Å². The Hall–Kier alpha value is -3.22. The van der Waals surface area contributed by atoms with E-state index in [1.165, 1.54) is 0 Å². The highest BCUT2D eigenvalue weighted by Crippen LogP contribution is 2.09. The van der Waals surface area contributed by atoms with E-state index in [-0.39, 0.29) is 12.5 Å². The van der Waals surface area contributed by atoms with Crippen molar-refractivity contribution in [2.24, 2.45) is 23.1 Å². The van der Waals surface area contributed by atoms with Crippen molar-refractivity contribution in [2.45, 2.75) is 51.2 Å². The summed E-state index contributed by atoms with van der Waals surface area (Å²) < 4.78 is 0. The maximum absolute atomic E-state index is 12.6. The molecule has 0 radical (unpaired) electrons. The van der Waals surface area contributed by atoms with Gasteiger partial charge in [-0.05, 0) is 5.92 Å². The van der Waals surface area contributed by atoms with E-state index in [4.69, 9.17) is 22.3 Å². The molecule has 13 nitrogen and oxygen atoms in total. The minimum Gasteiger partial charge on any atom is -0.480 e. The third-order valence-corrected chi connectivity index (χ3v) is 4.06. The molecule has 0 aromatic heterocycles. The minimum absolute atomic E-state index is 0.343. The predicted molar refractivity (Wildman–Crippen MR) is 99.6 cm³/mol. The van der Waals surface area contributed by atoms with Crippen molar-refractivity contribution in [3.63, 3.8) is 0 Å². The second kappa shape index (κ2) is 12.3. The third kappa shape index (κ3) is 9.51. The summed E-state index contributed by atoms with van der Waals surface area (Å²) in [7, 11) is 0. The van der Waals surface area contributed by atoms with Gasteiger partial charge in [-0.3, -0.25) is 24.0 Å². The van der Waals surface area contributed by atoms with Gasteiger partial charge in [-0.25, -0.2) is 4.79 Å². The van der Waals surface area contributed by atoms with E-state index in [9.17, 15) is 28.8 Å². The van der Waals surface area contributed by atoms with Crippen LogP contribution >= 0.6 is 0 Å². The largest absolute Gasteiger partial charge is 0.480 e. The maximum Gasteiger partial charge on any atom is 0.326 e. The van der Waals surface area contributed by atoms with Crippen molar-refractivity contribution < 1.29 is 33.9 Å². The van der Waals surface area contributed by atoms with E-state index in [0.29, 0.717) is 6.42 Å². The summed E-state index contributed by atoms with van der Waals surface area (Å²) in [6.07, 6.45) is -0.839. The molecule has 0 bridgehead atoms. The maximum atomic E-state index is 12.6. The summed E-state index contributed by atoms with van der Waals surface area (Å²) in [5.41, 5.74) is 15.3. The van der Waals surface area contributed by atoms with Crippen LogP contribution in [-0.4, -0.2) is 65.3 Å². The molecule has 0 rings (SSSR count). The van der Waals surface area contributed by atoms with E-state index >= 15 is 0 Å². The number of primary amides is 2. The lowest BCUT2D eigenvalue weighted by atomic mass is 9.97. The molecule has 0 aliphatic rings. The van der Waals surface area contributed by atoms with E-state index < -0.39 is 66.5 Å². The number of carboxylic acid groups (broad SMARTS) is 1. The van der Waals surface area contributed by atoms with Crippen molar-refractivity contribution in [2.75, 3.05) is 6.54 Å². The van der Waals surface area contributed by atoms with Gasteiger partial charge in [0.25, 0.3) is 0 Å². The normalized spacial score (nSPS) is 14.6. The first kappa shape index (κ1) is 25.8. The Bertz CT molecular complexity index is 654. The quantitative estimate of drug-likeness (QED) is 0.157. The molecule has 0 fully saturated rings. The highest BCUT2D eigenvalue weighted by molar-refractivity contribution is 5.96. The highest BCUT2D eigenvalue weighted by atomic mass is 16.4. The Labute approximate surface area is 167 Å². The molecule has 0 heterocycles. The van der Waals surface area contributed by atoms with Crippen LogP contribution in [0.15, 0.2) is 0 Å². The molecule has 0 saturated carbocycles. The lowest BCUT2D eigenvalue weighted by Gasteiger charge is -2.26. The van der Waals surface area contributed by atoms with Gasteiger partial charge in [0.15, 0.2) is 0 Å². The predicted octanol–water partition coefficient (Wildman–Crippen LogP) is -3.72. The number of carboxylic acids is 1. The summed E-state index contributed by atoms with van der Waals surface area (Å²) in [6.45, 7) is 3.09. The van der Waals surface area contributed by atoms with Crippen molar-refractivity contribution in [3.05, 3.63) is 0 Å². The Morgan fingerprint density at radius 2 is 1.34 bits per heavy atom. The van der Waals surface area contributed by atoms with Crippen LogP contribution in [0.25, 0.3) is 0 Å². The molecule has 10 N–H and O–H groups in total. The zero-order valence-corrected chi connectivity index (χ0v) is 16.3. The standard InChI is InChI=1S/C16H28N6O7/c1-3-7(2)13(22-12(25)6-17)15(27)20-8(4-10(18)23)14(26)21-9(16(28)29)5-11(19)24/h7-9,13H,3-6,17H2,1-2H3,(H2,18,23)(H2,19,24)(H,20,27)(H,21,26)(H,22,25)(H,28,29). The van der Waals surface area contributed by atoms with Gasteiger partial charge in [0.05, 0.1) is 19.4 Å². The number of carbonyl (C=O) groups excluding carboxylic acids is 5. The molecule has 29 heavy (non-hydrogen) atoms. The molecule has 0 aliphatic heterocycles. The second-order valence-electron chi connectivity index (χ2n) is 6.44. The van der Waals surface area contributed by atoms with Crippen molar-refractivity contribution in [1.29, 1.82) is 0 Å². The number of aliphatic carboxylic acids is 1. The van der Waals surface area contributed by atoms with Crippen LogP contribution in [-0.2, 0) is 28.8 Å². The first-order chi connectivity index (χ1) is 13.4. The molecule has 4 atom stereocenters. The van der Waals surface area contributed by atoms with Gasteiger partial charge in [-0.15, -0.1) is 0 Å². The van der Waals surface area contributed by atoms with Crippen LogP contribution in [0, 0.1) is 5.92 Å². The molecule has 0 aliphatic carbocycles. The Balaban J connectivity index is 5.47. The summed E-state index contributed by atoms with van der Waals surface area (Å²) in [4.78, 5) is 70.0. The summed E-state index contributed by atoms with van der Waals surface area (Å²) in [5, 5.41) is 15.8. The number of nitrogens with one attached hydrogen (secondary N) is 3. The minimum atomic E-state index is -1.66. The molecular formula is C16H28N6O7. The molecule has 0 spiro atoms. The Morgan fingerprint density at radius 1 is 0.862 bits per heavy atom. The average molecular weight is 416 g/mol. The van der Waals surface area contributed by atoms with Gasteiger partial charge in [0.2, 0.25) is 29.5 Å². The first-order valence-electron chi connectivity index (χ1n) is 8.82. The number of amides is 5. The topological polar surface area (TPSA) is 237 Å². The van der Waals surface area contributed by atoms with Crippen molar-refractivity contribution in [1.82, 2.24) is 16.0 Å². The average Bonchev–Trinajstić information content (AvgIpc) is 2.62. The molecule has 0 aromatic rings. The fourth-order valence-corrected chi connectivity index (χ4v) is 2.28. The first-order valence-corrected chi connectivity index (χ1v) is 8.82. The number of hydrogen-bond donors (Lipinski definition) is 7. The van der Waals surface area contributed by atoms with Crippen LogP contribution in [0.4, 0.5) is 0 Å². The van der Waals surface area contributed by atoms with E-state index in [1.54, 1.807) is 13.8 Å². The third-order valence-electron chi connectivity index (χ3n) is 4.06. The fourth-order valence-electron chi connectivity index (χ4n) is 2.28.